The summed E-state index contributed by atoms with van der Waals surface area (Å²) in [6.45, 7) is 2.77. The molecular weight excluding hydrogens is 318 g/mol. The first-order valence-corrected chi connectivity index (χ1v) is 7.89. The van der Waals surface area contributed by atoms with E-state index in [2.05, 4.69) is 10.6 Å². The summed E-state index contributed by atoms with van der Waals surface area (Å²) in [5, 5.41) is 13.9. The van der Waals surface area contributed by atoms with E-state index in [1.165, 1.54) is 0 Å². The highest BCUT2D eigenvalue weighted by molar-refractivity contribution is 6.04. The van der Waals surface area contributed by atoms with Gasteiger partial charge in [-0.25, -0.2) is 0 Å². The smallest absolute Gasteiger partial charge is 0.255 e. The van der Waals surface area contributed by atoms with Crippen molar-refractivity contribution in [2.75, 3.05) is 11.9 Å². The van der Waals surface area contributed by atoms with Crippen LogP contribution in [-0.4, -0.2) is 18.4 Å². The molecule has 0 aliphatic rings. The molecule has 0 spiro atoms. The second-order valence-corrected chi connectivity index (χ2v) is 5.22. The third-order valence-corrected chi connectivity index (χ3v) is 3.34. The van der Waals surface area contributed by atoms with Crippen LogP contribution in [0.15, 0.2) is 48.5 Å². The van der Waals surface area contributed by atoms with Crippen molar-refractivity contribution in [2.24, 2.45) is 0 Å². The van der Waals surface area contributed by atoms with E-state index in [1.54, 1.807) is 48.5 Å². The SMILES string of the molecule is CCOc1ccc(C(=O)Nc2cccc(CNC(=O)CC#N)c2)cc1. The molecule has 0 bridgehead atoms. The van der Waals surface area contributed by atoms with Gasteiger partial charge in [-0.15, -0.1) is 0 Å². The average molecular weight is 337 g/mol. The summed E-state index contributed by atoms with van der Waals surface area (Å²) in [4.78, 5) is 23.6. The lowest BCUT2D eigenvalue weighted by atomic mass is 10.1. The van der Waals surface area contributed by atoms with Gasteiger partial charge in [-0.3, -0.25) is 9.59 Å². The first-order chi connectivity index (χ1) is 12.1. The van der Waals surface area contributed by atoms with E-state index in [9.17, 15) is 9.59 Å². The topological polar surface area (TPSA) is 91.2 Å². The van der Waals surface area contributed by atoms with Crippen molar-refractivity contribution in [1.29, 1.82) is 5.26 Å². The molecule has 6 nitrogen and oxygen atoms in total. The molecule has 0 fully saturated rings. The van der Waals surface area contributed by atoms with Crippen molar-refractivity contribution in [3.63, 3.8) is 0 Å². The van der Waals surface area contributed by atoms with E-state index in [-0.39, 0.29) is 18.2 Å². The van der Waals surface area contributed by atoms with Crippen LogP contribution in [0.5, 0.6) is 5.75 Å². The van der Waals surface area contributed by atoms with Crippen LogP contribution in [0.3, 0.4) is 0 Å². The summed E-state index contributed by atoms with van der Waals surface area (Å²) in [6, 6.07) is 15.9. The van der Waals surface area contributed by atoms with Crippen molar-refractivity contribution in [3.05, 3.63) is 59.7 Å². The number of amides is 2. The molecule has 0 aromatic heterocycles. The normalized spacial score (nSPS) is 9.76. The Balaban J connectivity index is 1.97. The molecule has 0 aliphatic carbocycles. The Kier molecular flexibility index (Phi) is 6.55. The van der Waals surface area contributed by atoms with Crippen molar-refractivity contribution < 1.29 is 14.3 Å². The predicted molar refractivity (Wildman–Crippen MR) is 94.1 cm³/mol. The van der Waals surface area contributed by atoms with E-state index in [1.807, 2.05) is 13.0 Å². The molecule has 0 atom stereocenters. The van der Waals surface area contributed by atoms with Crippen molar-refractivity contribution in [2.45, 2.75) is 19.9 Å². The molecule has 0 radical (unpaired) electrons. The lowest BCUT2D eigenvalue weighted by Gasteiger charge is -2.09. The van der Waals surface area contributed by atoms with Crippen LogP contribution in [0.4, 0.5) is 5.69 Å². The van der Waals surface area contributed by atoms with Crippen LogP contribution in [-0.2, 0) is 11.3 Å². The number of ether oxygens (including phenoxy) is 1. The van der Waals surface area contributed by atoms with E-state index in [0.717, 1.165) is 5.56 Å². The minimum absolute atomic E-state index is 0.172. The summed E-state index contributed by atoms with van der Waals surface area (Å²) < 4.78 is 5.35. The molecule has 0 aliphatic heterocycles. The van der Waals surface area contributed by atoms with Crippen LogP contribution in [0.2, 0.25) is 0 Å². The van der Waals surface area contributed by atoms with Crippen LogP contribution in [0.1, 0.15) is 29.3 Å². The van der Waals surface area contributed by atoms with Gasteiger partial charge in [-0.05, 0) is 48.9 Å². The molecule has 2 rings (SSSR count). The molecule has 2 aromatic rings. The minimum Gasteiger partial charge on any atom is -0.494 e. The van der Waals surface area contributed by atoms with Crippen LogP contribution in [0.25, 0.3) is 0 Å². The van der Waals surface area contributed by atoms with Gasteiger partial charge >= 0.3 is 0 Å². The zero-order valence-electron chi connectivity index (χ0n) is 13.9. The number of nitrogens with one attached hydrogen (secondary N) is 2. The van der Waals surface area contributed by atoms with Gasteiger partial charge < -0.3 is 15.4 Å². The number of hydrogen-bond donors (Lipinski definition) is 2. The van der Waals surface area contributed by atoms with E-state index < -0.39 is 0 Å². The predicted octanol–water partition coefficient (Wildman–Crippen LogP) is 2.87. The monoisotopic (exact) mass is 337 g/mol. The summed E-state index contributed by atoms with van der Waals surface area (Å²) in [5.41, 5.74) is 1.98. The fraction of sp³-hybridized carbons (Fsp3) is 0.211. The number of benzene rings is 2. The highest BCUT2D eigenvalue weighted by Gasteiger charge is 2.07. The zero-order valence-corrected chi connectivity index (χ0v) is 13.9. The number of rotatable bonds is 7. The van der Waals surface area contributed by atoms with Crippen molar-refractivity contribution in [3.8, 4) is 11.8 Å². The van der Waals surface area contributed by atoms with Crippen LogP contribution >= 0.6 is 0 Å². The van der Waals surface area contributed by atoms with Gasteiger partial charge in [0.05, 0.1) is 12.7 Å². The molecule has 2 N–H and O–H groups in total. The Morgan fingerprint density at radius 2 is 1.92 bits per heavy atom. The molecule has 0 heterocycles. The first-order valence-electron chi connectivity index (χ1n) is 7.89. The molecule has 6 heteroatoms. The Hall–Kier alpha value is -3.33. The fourth-order valence-corrected chi connectivity index (χ4v) is 2.17. The Bertz CT molecular complexity index is 779. The minimum atomic E-state index is -0.327. The average Bonchev–Trinajstić information content (AvgIpc) is 2.61. The molecule has 25 heavy (non-hydrogen) atoms. The Morgan fingerprint density at radius 1 is 1.16 bits per heavy atom. The summed E-state index contributed by atoms with van der Waals surface area (Å²) >= 11 is 0. The second-order valence-electron chi connectivity index (χ2n) is 5.22. The van der Waals surface area contributed by atoms with Gasteiger partial charge in [-0.1, -0.05) is 12.1 Å². The quantitative estimate of drug-likeness (QED) is 0.813. The largest absolute Gasteiger partial charge is 0.494 e. The van der Waals surface area contributed by atoms with Gasteiger partial charge in [0, 0.05) is 17.8 Å². The van der Waals surface area contributed by atoms with E-state index >= 15 is 0 Å². The van der Waals surface area contributed by atoms with E-state index in [4.69, 9.17) is 10.00 Å². The lowest BCUT2D eigenvalue weighted by Crippen LogP contribution is -2.21. The van der Waals surface area contributed by atoms with Gasteiger partial charge in [0.2, 0.25) is 5.91 Å². The third kappa shape index (κ3) is 5.66. The summed E-state index contributed by atoms with van der Waals surface area (Å²) in [6.07, 6.45) is -0.172. The molecule has 2 aromatic carbocycles. The number of anilines is 1. The van der Waals surface area contributed by atoms with Crippen molar-refractivity contribution in [1.82, 2.24) is 5.32 Å². The van der Waals surface area contributed by atoms with Gasteiger partial charge in [0.15, 0.2) is 0 Å². The maximum absolute atomic E-state index is 12.3. The Labute approximate surface area is 146 Å². The highest BCUT2D eigenvalue weighted by Crippen LogP contribution is 2.15. The third-order valence-electron chi connectivity index (χ3n) is 3.34. The molecule has 128 valence electrons. The number of carbonyl (C=O) groups is 2. The molecule has 2 amide bonds. The van der Waals surface area contributed by atoms with E-state index in [0.29, 0.717) is 30.2 Å². The maximum Gasteiger partial charge on any atom is 0.255 e. The number of nitriles is 1. The van der Waals surface area contributed by atoms with Crippen LogP contribution in [0, 0.1) is 11.3 Å². The summed E-state index contributed by atoms with van der Waals surface area (Å²) in [7, 11) is 0. The molecular formula is C19H19N3O3. The highest BCUT2D eigenvalue weighted by atomic mass is 16.5. The summed E-state index contributed by atoms with van der Waals surface area (Å²) in [5.74, 6) is 0.161. The second kappa shape index (κ2) is 9.08. The Morgan fingerprint density at radius 3 is 2.60 bits per heavy atom. The first kappa shape index (κ1) is 18.0. The van der Waals surface area contributed by atoms with Gasteiger partial charge in [0.25, 0.3) is 5.91 Å². The van der Waals surface area contributed by atoms with Gasteiger partial charge in [0.1, 0.15) is 12.2 Å². The molecule has 0 unspecified atom stereocenters. The fourth-order valence-electron chi connectivity index (χ4n) is 2.17. The van der Waals surface area contributed by atoms with Gasteiger partial charge in [-0.2, -0.15) is 5.26 Å². The lowest BCUT2D eigenvalue weighted by molar-refractivity contribution is -0.120. The van der Waals surface area contributed by atoms with Crippen LogP contribution < -0.4 is 15.4 Å². The zero-order chi connectivity index (χ0) is 18.1. The number of hydrogen-bond acceptors (Lipinski definition) is 4. The number of nitrogens with zero attached hydrogens (tertiary/aromatic N) is 1. The maximum atomic E-state index is 12.3. The standard InChI is InChI=1S/C19H19N3O3/c1-2-25-17-8-6-15(7-9-17)19(24)22-16-5-3-4-14(12-16)13-21-18(23)10-11-20/h3-9,12H,2,10,13H2,1H3,(H,21,23)(H,22,24). The van der Waals surface area contributed by atoms with Crippen molar-refractivity contribution >= 4 is 17.5 Å². The number of carbonyl (C=O) groups excluding carboxylic acids is 2. The molecule has 0 saturated carbocycles. The molecule has 0 saturated heterocycles.